The van der Waals surface area contributed by atoms with Crippen LogP contribution in [0.2, 0.25) is 0 Å². The van der Waals surface area contributed by atoms with Crippen molar-refractivity contribution < 1.29 is 9.72 Å². The fourth-order valence-corrected chi connectivity index (χ4v) is 2.68. The zero-order valence-electron chi connectivity index (χ0n) is 11.0. The smallest absolute Gasteiger partial charge is 0.270 e. The molecule has 2 rings (SSSR count). The number of carbonyl (C=O) groups is 1. The molecule has 0 aliphatic carbocycles. The molecule has 1 aromatic rings. The van der Waals surface area contributed by atoms with E-state index in [1.807, 2.05) is 4.90 Å². The molecule has 0 saturated carbocycles. The lowest BCUT2D eigenvalue weighted by molar-refractivity contribution is -0.384. The Balaban J connectivity index is 1.84. The fraction of sp³-hybridized carbons (Fsp3) is 0.462. The molecule has 1 N–H and O–H groups in total. The average Bonchev–Trinajstić information content (AvgIpc) is 2.94. The highest BCUT2D eigenvalue weighted by Gasteiger charge is 2.17. The van der Waals surface area contributed by atoms with Crippen LogP contribution in [0.15, 0.2) is 22.7 Å². The van der Waals surface area contributed by atoms with Crippen molar-refractivity contribution >= 4 is 27.5 Å². The second kappa shape index (κ2) is 6.81. The molecule has 0 spiro atoms. The third-order valence-electron chi connectivity index (χ3n) is 3.30. The van der Waals surface area contributed by atoms with E-state index in [1.165, 1.54) is 12.1 Å². The Hall–Kier alpha value is -1.47. The Morgan fingerprint density at radius 3 is 2.70 bits per heavy atom. The highest BCUT2D eigenvalue weighted by Crippen LogP contribution is 2.22. The Morgan fingerprint density at radius 2 is 2.10 bits per heavy atom. The maximum absolute atomic E-state index is 11.8. The topological polar surface area (TPSA) is 75.5 Å². The first-order valence-corrected chi connectivity index (χ1v) is 7.28. The molecule has 1 aliphatic heterocycles. The lowest BCUT2D eigenvalue weighted by Crippen LogP contribution is -2.36. The molecule has 1 saturated heterocycles. The number of nitrogens with zero attached hydrogens (tertiary/aromatic N) is 2. The van der Waals surface area contributed by atoms with E-state index < -0.39 is 4.92 Å². The number of amides is 1. The van der Waals surface area contributed by atoms with Crippen LogP contribution in [-0.2, 0) is 11.3 Å². The largest absolute Gasteiger partial charge is 0.342 e. The summed E-state index contributed by atoms with van der Waals surface area (Å²) in [7, 11) is 0. The lowest BCUT2D eigenvalue weighted by Gasteiger charge is -2.15. The molecule has 1 aromatic carbocycles. The van der Waals surface area contributed by atoms with Gasteiger partial charge in [0.1, 0.15) is 0 Å². The molecule has 1 heterocycles. The number of hydrogen-bond donors (Lipinski definition) is 1. The zero-order chi connectivity index (χ0) is 14.5. The van der Waals surface area contributed by atoms with E-state index in [0.29, 0.717) is 17.6 Å². The number of non-ortho nitro benzene ring substituents is 1. The van der Waals surface area contributed by atoms with E-state index in [1.54, 1.807) is 6.07 Å². The fourth-order valence-electron chi connectivity index (χ4n) is 2.18. The van der Waals surface area contributed by atoms with Gasteiger partial charge in [-0.25, -0.2) is 0 Å². The minimum absolute atomic E-state index is 0.0498. The van der Waals surface area contributed by atoms with Gasteiger partial charge in [0.05, 0.1) is 11.5 Å². The summed E-state index contributed by atoms with van der Waals surface area (Å²) in [4.78, 5) is 23.9. The van der Waals surface area contributed by atoms with Crippen LogP contribution in [0.1, 0.15) is 18.4 Å². The third kappa shape index (κ3) is 3.77. The predicted molar refractivity (Wildman–Crippen MR) is 78.3 cm³/mol. The first-order valence-electron chi connectivity index (χ1n) is 6.49. The van der Waals surface area contributed by atoms with Gasteiger partial charge < -0.3 is 10.2 Å². The van der Waals surface area contributed by atoms with Crippen molar-refractivity contribution in [2.24, 2.45) is 0 Å². The number of benzene rings is 1. The summed E-state index contributed by atoms with van der Waals surface area (Å²) in [6, 6.07) is 4.62. The van der Waals surface area contributed by atoms with Gasteiger partial charge in [-0.05, 0) is 24.5 Å². The molecule has 1 fully saturated rings. The summed E-state index contributed by atoms with van der Waals surface area (Å²) < 4.78 is 0.674. The predicted octanol–water partition coefficient (Wildman–Crippen LogP) is 2.07. The molecule has 0 aromatic heterocycles. The van der Waals surface area contributed by atoms with Gasteiger partial charge in [0.2, 0.25) is 5.91 Å². The summed E-state index contributed by atoms with van der Waals surface area (Å²) in [5.74, 6) is 0.112. The number of nitro benzene ring substituents is 1. The molecule has 7 heteroatoms. The number of likely N-dealkylation sites (tertiary alicyclic amines) is 1. The van der Waals surface area contributed by atoms with Crippen molar-refractivity contribution in [2.75, 3.05) is 19.6 Å². The third-order valence-corrected chi connectivity index (χ3v) is 4.04. The van der Waals surface area contributed by atoms with Crippen molar-refractivity contribution in [3.05, 3.63) is 38.3 Å². The molecule has 0 radical (unpaired) electrons. The van der Waals surface area contributed by atoms with Crippen LogP contribution >= 0.6 is 15.9 Å². The molecule has 0 bridgehead atoms. The molecular formula is C13H16BrN3O3. The molecular weight excluding hydrogens is 326 g/mol. The number of hydrogen-bond acceptors (Lipinski definition) is 4. The number of halogens is 1. The quantitative estimate of drug-likeness (QED) is 0.657. The summed E-state index contributed by atoms with van der Waals surface area (Å²) in [5, 5.41) is 13.7. The van der Waals surface area contributed by atoms with Crippen molar-refractivity contribution in [1.82, 2.24) is 10.2 Å². The van der Waals surface area contributed by atoms with Crippen LogP contribution in [0.4, 0.5) is 5.69 Å². The zero-order valence-corrected chi connectivity index (χ0v) is 12.6. The van der Waals surface area contributed by atoms with Crippen molar-refractivity contribution in [1.29, 1.82) is 0 Å². The standard InChI is InChI=1S/C13H16BrN3O3/c14-12-7-11(17(19)20)4-3-10(12)8-15-9-13(18)16-5-1-2-6-16/h3-4,7,15H,1-2,5-6,8-9H2. The van der Waals surface area contributed by atoms with Crippen LogP contribution in [-0.4, -0.2) is 35.4 Å². The average molecular weight is 342 g/mol. The SMILES string of the molecule is O=C(CNCc1ccc([N+](=O)[O-])cc1Br)N1CCCC1. The van der Waals surface area contributed by atoms with Crippen molar-refractivity contribution in [3.63, 3.8) is 0 Å². The van der Waals surface area contributed by atoms with E-state index in [0.717, 1.165) is 31.5 Å². The number of nitrogens with one attached hydrogen (secondary N) is 1. The first-order chi connectivity index (χ1) is 9.58. The first kappa shape index (κ1) is 14.9. The maximum atomic E-state index is 11.8. The van der Waals surface area contributed by atoms with E-state index in [4.69, 9.17) is 0 Å². The Kier molecular flexibility index (Phi) is 5.08. The second-order valence-corrected chi connectivity index (χ2v) is 5.58. The number of nitro groups is 1. The van der Waals surface area contributed by atoms with Crippen molar-refractivity contribution in [3.8, 4) is 0 Å². The van der Waals surface area contributed by atoms with E-state index in [2.05, 4.69) is 21.2 Å². The Morgan fingerprint density at radius 1 is 1.40 bits per heavy atom. The van der Waals surface area contributed by atoms with Gasteiger partial charge in [-0.1, -0.05) is 15.9 Å². The van der Waals surface area contributed by atoms with E-state index in [9.17, 15) is 14.9 Å². The summed E-state index contributed by atoms with van der Waals surface area (Å²) in [6.07, 6.45) is 2.17. The van der Waals surface area contributed by atoms with Gasteiger partial charge in [-0.3, -0.25) is 14.9 Å². The maximum Gasteiger partial charge on any atom is 0.270 e. The highest BCUT2D eigenvalue weighted by atomic mass is 79.9. The Labute approximate surface area is 125 Å². The summed E-state index contributed by atoms with van der Waals surface area (Å²) in [6.45, 7) is 2.49. The van der Waals surface area contributed by atoms with Crippen molar-refractivity contribution in [2.45, 2.75) is 19.4 Å². The van der Waals surface area contributed by atoms with Gasteiger partial charge in [-0.2, -0.15) is 0 Å². The lowest BCUT2D eigenvalue weighted by atomic mass is 10.2. The molecule has 1 aliphatic rings. The minimum atomic E-state index is -0.432. The minimum Gasteiger partial charge on any atom is -0.342 e. The van der Waals surface area contributed by atoms with Crippen LogP contribution in [0.3, 0.4) is 0 Å². The monoisotopic (exact) mass is 341 g/mol. The van der Waals surface area contributed by atoms with E-state index in [-0.39, 0.29) is 11.6 Å². The molecule has 20 heavy (non-hydrogen) atoms. The Bertz CT molecular complexity index is 516. The van der Waals surface area contributed by atoms with Gasteiger partial charge in [0, 0.05) is 36.2 Å². The van der Waals surface area contributed by atoms with Crippen LogP contribution in [0, 0.1) is 10.1 Å². The molecule has 0 atom stereocenters. The highest BCUT2D eigenvalue weighted by molar-refractivity contribution is 9.10. The van der Waals surface area contributed by atoms with Gasteiger partial charge in [0.15, 0.2) is 0 Å². The number of carbonyl (C=O) groups excluding carboxylic acids is 1. The van der Waals surface area contributed by atoms with Gasteiger partial charge in [0.25, 0.3) is 5.69 Å². The molecule has 108 valence electrons. The van der Waals surface area contributed by atoms with Crippen LogP contribution in [0.5, 0.6) is 0 Å². The molecule has 6 nitrogen and oxygen atoms in total. The van der Waals surface area contributed by atoms with Crippen LogP contribution < -0.4 is 5.32 Å². The molecule has 0 unspecified atom stereocenters. The normalized spacial score (nSPS) is 14.6. The summed E-state index contributed by atoms with van der Waals surface area (Å²) >= 11 is 3.31. The van der Waals surface area contributed by atoms with Gasteiger partial charge in [-0.15, -0.1) is 0 Å². The van der Waals surface area contributed by atoms with E-state index >= 15 is 0 Å². The molecule has 1 amide bonds. The number of rotatable bonds is 5. The summed E-state index contributed by atoms with van der Waals surface area (Å²) in [5.41, 5.74) is 0.943. The second-order valence-electron chi connectivity index (χ2n) is 4.72. The van der Waals surface area contributed by atoms with Gasteiger partial charge >= 0.3 is 0 Å². The van der Waals surface area contributed by atoms with Crippen LogP contribution in [0.25, 0.3) is 0 Å².